The number of nitrogens with two attached hydrogens (primary N) is 1. The maximum absolute atomic E-state index is 12.0. The molecular formula is C9H15FN2. The lowest BCUT2D eigenvalue weighted by Crippen LogP contribution is -2.17. The van der Waals surface area contributed by atoms with E-state index in [1.165, 1.54) is 12.3 Å². The van der Waals surface area contributed by atoms with Crippen LogP contribution in [0, 0.1) is 5.41 Å². The molecule has 68 valence electrons. The summed E-state index contributed by atoms with van der Waals surface area (Å²) in [5.74, 6) is 0. The highest BCUT2D eigenvalue weighted by molar-refractivity contribution is 6.08. The van der Waals surface area contributed by atoms with Crippen molar-refractivity contribution in [3.8, 4) is 0 Å². The van der Waals surface area contributed by atoms with Gasteiger partial charge in [-0.15, -0.1) is 0 Å². The Hall–Kier alpha value is -1.12. The first kappa shape index (κ1) is 10.9. The van der Waals surface area contributed by atoms with E-state index in [0.29, 0.717) is 5.57 Å². The van der Waals surface area contributed by atoms with Crippen LogP contribution in [-0.2, 0) is 0 Å². The minimum Gasteiger partial charge on any atom is -0.404 e. The second-order valence-electron chi connectivity index (χ2n) is 3.50. The molecule has 0 aromatic heterocycles. The van der Waals surface area contributed by atoms with Crippen LogP contribution in [0.3, 0.4) is 0 Å². The second-order valence-corrected chi connectivity index (χ2v) is 3.50. The van der Waals surface area contributed by atoms with E-state index in [1.807, 2.05) is 20.8 Å². The zero-order chi connectivity index (χ0) is 9.78. The van der Waals surface area contributed by atoms with Crippen molar-refractivity contribution in [1.29, 1.82) is 0 Å². The van der Waals surface area contributed by atoms with Gasteiger partial charge in [-0.1, -0.05) is 37.0 Å². The van der Waals surface area contributed by atoms with Crippen molar-refractivity contribution in [2.45, 2.75) is 20.8 Å². The molecule has 0 spiro atoms. The molecule has 0 radical (unpaired) electrons. The largest absolute Gasteiger partial charge is 0.404 e. The number of halogens is 1. The number of rotatable bonds is 2. The van der Waals surface area contributed by atoms with Crippen LogP contribution in [0.1, 0.15) is 20.8 Å². The summed E-state index contributed by atoms with van der Waals surface area (Å²) in [7, 11) is 0. The van der Waals surface area contributed by atoms with Gasteiger partial charge in [-0.05, 0) is 17.7 Å². The van der Waals surface area contributed by atoms with E-state index in [9.17, 15) is 4.48 Å². The summed E-state index contributed by atoms with van der Waals surface area (Å²) in [6, 6.07) is 0. The van der Waals surface area contributed by atoms with Gasteiger partial charge in [-0.3, -0.25) is 0 Å². The van der Waals surface area contributed by atoms with Crippen LogP contribution in [0.4, 0.5) is 4.48 Å². The molecule has 0 aromatic carbocycles. The molecule has 0 atom stereocenters. The first-order chi connectivity index (χ1) is 5.47. The van der Waals surface area contributed by atoms with Crippen LogP contribution in [0.5, 0.6) is 0 Å². The van der Waals surface area contributed by atoms with Gasteiger partial charge in [0.2, 0.25) is 0 Å². The van der Waals surface area contributed by atoms with Gasteiger partial charge < -0.3 is 5.73 Å². The molecule has 12 heavy (non-hydrogen) atoms. The van der Waals surface area contributed by atoms with Crippen LogP contribution in [0.25, 0.3) is 0 Å². The van der Waals surface area contributed by atoms with Crippen LogP contribution >= 0.6 is 0 Å². The summed E-state index contributed by atoms with van der Waals surface area (Å²) in [5.41, 5.74) is 5.99. The van der Waals surface area contributed by atoms with Crippen molar-refractivity contribution in [3.05, 3.63) is 24.4 Å². The third kappa shape index (κ3) is 2.49. The molecule has 0 fully saturated rings. The normalized spacial score (nSPS) is 14.7. The van der Waals surface area contributed by atoms with Gasteiger partial charge in [0.05, 0.1) is 0 Å². The lowest BCUT2D eigenvalue weighted by molar-refractivity contribution is 0.507. The molecular weight excluding hydrogens is 155 g/mol. The number of nitrogens with zero attached hydrogens (tertiary/aromatic N) is 1. The molecule has 0 heterocycles. The Morgan fingerprint density at radius 3 is 2.08 bits per heavy atom. The Morgan fingerprint density at radius 1 is 1.50 bits per heavy atom. The fourth-order valence-corrected chi connectivity index (χ4v) is 0.910. The third-order valence-corrected chi connectivity index (χ3v) is 1.54. The molecule has 0 bridgehead atoms. The number of allylic oxidation sites excluding steroid dienone is 2. The average molecular weight is 170 g/mol. The van der Waals surface area contributed by atoms with Crippen molar-refractivity contribution in [2.75, 3.05) is 0 Å². The standard InChI is InChI=1S/C9H15FN2/c1-5-8(12-10)7(6-11)9(2,3)4/h5-6H,1,11H2,2-4H3/b7-6+,12-8-. The van der Waals surface area contributed by atoms with Crippen LogP contribution < -0.4 is 5.73 Å². The van der Waals surface area contributed by atoms with Gasteiger partial charge >= 0.3 is 0 Å². The molecule has 0 aromatic rings. The second kappa shape index (κ2) is 4.04. The zero-order valence-electron chi connectivity index (χ0n) is 7.76. The molecule has 0 aliphatic heterocycles. The first-order valence-corrected chi connectivity index (χ1v) is 3.71. The van der Waals surface area contributed by atoms with Crippen molar-refractivity contribution >= 4 is 5.71 Å². The summed E-state index contributed by atoms with van der Waals surface area (Å²) >= 11 is 0. The molecule has 0 aliphatic rings. The fraction of sp³-hybridized carbons (Fsp3) is 0.444. The highest BCUT2D eigenvalue weighted by Crippen LogP contribution is 2.25. The van der Waals surface area contributed by atoms with E-state index in [-0.39, 0.29) is 11.1 Å². The van der Waals surface area contributed by atoms with E-state index < -0.39 is 0 Å². The molecule has 0 saturated heterocycles. The quantitative estimate of drug-likeness (QED) is 0.635. The maximum atomic E-state index is 12.0. The molecule has 0 amide bonds. The molecule has 0 unspecified atom stereocenters. The van der Waals surface area contributed by atoms with E-state index in [0.717, 1.165) is 0 Å². The Balaban J connectivity index is 4.95. The van der Waals surface area contributed by atoms with Gasteiger partial charge in [0.15, 0.2) is 0 Å². The van der Waals surface area contributed by atoms with E-state index in [1.54, 1.807) is 0 Å². The monoisotopic (exact) mass is 170 g/mol. The molecule has 0 rings (SSSR count). The molecule has 2 N–H and O–H groups in total. The number of hydrogen-bond donors (Lipinski definition) is 1. The number of hydrogen-bond acceptors (Lipinski definition) is 2. The zero-order valence-corrected chi connectivity index (χ0v) is 7.76. The van der Waals surface area contributed by atoms with Gasteiger partial charge in [-0.2, -0.15) is 0 Å². The van der Waals surface area contributed by atoms with Crippen LogP contribution in [-0.4, -0.2) is 5.71 Å². The Labute approximate surface area is 72.6 Å². The summed E-state index contributed by atoms with van der Waals surface area (Å²) in [4.78, 5) is 0. The summed E-state index contributed by atoms with van der Waals surface area (Å²) in [6.45, 7) is 9.24. The fourth-order valence-electron chi connectivity index (χ4n) is 0.910. The minimum absolute atomic E-state index is 0.199. The van der Waals surface area contributed by atoms with Crippen molar-refractivity contribution in [3.63, 3.8) is 0 Å². The molecule has 3 heteroatoms. The molecule has 0 aliphatic carbocycles. The SMILES string of the molecule is C=CC(=N/F)/C(=C\N)C(C)(C)C. The van der Waals surface area contributed by atoms with Crippen molar-refractivity contribution in [2.24, 2.45) is 16.4 Å². The van der Waals surface area contributed by atoms with Crippen LogP contribution in [0.15, 0.2) is 29.6 Å². The van der Waals surface area contributed by atoms with Crippen LogP contribution in [0.2, 0.25) is 0 Å². The Morgan fingerprint density at radius 2 is 2.00 bits per heavy atom. The smallest absolute Gasteiger partial charge is 0.101 e. The maximum Gasteiger partial charge on any atom is 0.101 e. The first-order valence-electron chi connectivity index (χ1n) is 3.71. The van der Waals surface area contributed by atoms with E-state index in [2.05, 4.69) is 11.8 Å². The Bertz CT molecular complexity index is 221. The third-order valence-electron chi connectivity index (χ3n) is 1.54. The Kier molecular flexibility index (Phi) is 3.67. The summed E-state index contributed by atoms with van der Waals surface area (Å²) < 4.78 is 12.0. The average Bonchev–Trinajstić information content (AvgIpc) is 1.97. The minimum atomic E-state index is -0.214. The predicted octanol–water partition coefficient (Wildman–Crippen LogP) is 2.39. The van der Waals surface area contributed by atoms with Gasteiger partial charge in [0.25, 0.3) is 0 Å². The highest BCUT2D eigenvalue weighted by Gasteiger charge is 2.20. The lowest BCUT2D eigenvalue weighted by Gasteiger charge is -2.21. The van der Waals surface area contributed by atoms with Gasteiger partial charge in [0.1, 0.15) is 5.71 Å². The highest BCUT2D eigenvalue weighted by atomic mass is 19.2. The van der Waals surface area contributed by atoms with Gasteiger partial charge in [0, 0.05) is 5.57 Å². The molecule has 0 saturated carbocycles. The van der Waals surface area contributed by atoms with Crippen molar-refractivity contribution < 1.29 is 4.48 Å². The summed E-state index contributed by atoms with van der Waals surface area (Å²) in [6.07, 6.45) is 2.71. The van der Waals surface area contributed by atoms with E-state index in [4.69, 9.17) is 5.73 Å². The van der Waals surface area contributed by atoms with E-state index >= 15 is 0 Å². The molecule has 2 nitrogen and oxygen atoms in total. The topological polar surface area (TPSA) is 38.4 Å². The van der Waals surface area contributed by atoms with Crippen molar-refractivity contribution in [1.82, 2.24) is 0 Å². The predicted molar refractivity (Wildman–Crippen MR) is 50.5 cm³/mol. The lowest BCUT2D eigenvalue weighted by atomic mass is 9.84. The van der Waals surface area contributed by atoms with Gasteiger partial charge in [-0.25, -0.2) is 0 Å². The summed E-state index contributed by atoms with van der Waals surface area (Å²) in [5, 5.41) is 2.59.